The number of tetrazole rings is 1. The molecule has 0 amide bonds. The normalized spacial score (nSPS) is 15.4. The van der Waals surface area contributed by atoms with Gasteiger partial charge in [-0.1, -0.05) is 0 Å². The Morgan fingerprint density at radius 1 is 1.27 bits per heavy atom. The van der Waals surface area contributed by atoms with Gasteiger partial charge in [0.1, 0.15) is 5.52 Å². The van der Waals surface area contributed by atoms with E-state index in [2.05, 4.69) is 25.8 Å². The maximum atomic E-state index is 14.3. The first-order valence-corrected chi connectivity index (χ1v) is 6.85. The van der Waals surface area contributed by atoms with Gasteiger partial charge in [-0.15, -0.1) is 5.10 Å². The molecule has 1 saturated heterocycles. The smallest absolute Gasteiger partial charge is 0.222 e. The van der Waals surface area contributed by atoms with E-state index >= 15 is 0 Å². The van der Waals surface area contributed by atoms with Gasteiger partial charge in [-0.05, 0) is 22.6 Å². The molecule has 0 bridgehead atoms. The molecule has 1 fully saturated rings. The molecule has 1 aliphatic heterocycles. The van der Waals surface area contributed by atoms with Gasteiger partial charge in [-0.3, -0.25) is 0 Å². The van der Waals surface area contributed by atoms with Crippen LogP contribution in [0.2, 0.25) is 0 Å². The van der Waals surface area contributed by atoms with Gasteiger partial charge in [-0.25, -0.2) is 9.37 Å². The molecule has 0 aliphatic carbocycles. The number of piperazine rings is 1. The number of hydrogen-bond acceptors (Lipinski definition) is 7. The molecule has 0 unspecified atom stereocenters. The third-order valence-corrected chi connectivity index (χ3v) is 3.70. The second-order valence-corrected chi connectivity index (χ2v) is 5.02. The van der Waals surface area contributed by atoms with Gasteiger partial charge in [0.25, 0.3) is 0 Å². The number of anilines is 1. The molecule has 0 spiro atoms. The van der Waals surface area contributed by atoms with E-state index < -0.39 is 5.82 Å². The molecule has 3 aromatic rings. The van der Waals surface area contributed by atoms with E-state index in [1.54, 1.807) is 0 Å². The molecule has 0 saturated carbocycles. The SMILES string of the molecule is N#Cc1cc(F)c2nc(N3CCNCC3)c3nnnn3c2c1. The average molecular weight is 298 g/mol. The Balaban J connectivity index is 2.03. The number of halogens is 1. The van der Waals surface area contributed by atoms with Crippen LogP contribution >= 0.6 is 0 Å². The summed E-state index contributed by atoms with van der Waals surface area (Å²) in [6, 6.07) is 4.64. The second-order valence-electron chi connectivity index (χ2n) is 5.02. The van der Waals surface area contributed by atoms with Crippen LogP contribution in [-0.4, -0.2) is 51.2 Å². The van der Waals surface area contributed by atoms with E-state index in [0.29, 0.717) is 17.0 Å². The first-order chi connectivity index (χ1) is 10.8. The topological polar surface area (TPSA) is 95.0 Å². The van der Waals surface area contributed by atoms with Gasteiger partial charge >= 0.3 is 0 Å². The molecule has 8 nitrogen and oxygen atoms in total. The summed E-state index contributed by atoms with van der Waals surface area (Å²) in [6.07, 6.45) is 0. The van der Waals surface area contributed by atoms with Crippen molar-refractivity contribution in [2.45, 2.75) is 0 Å². The largest absolute Gasteiger partial charge is 0.351 e. The van der Waals surface area contributed by atoms with Gasteiger partial charge in [0.05, 0.1) is 17.1 Å². The minimum absolute atomic E-state index is 0.160. The van der Waals surface area contributed by atoms with Crippen LogP contribution in [0.3, 0.4) is 0 Å². The van der Waals surface area contributed by atoms with E-state index in [0.717, 1.165) is 26.2 Å². The lowest BCUT2D eigenvalue weighted by Crippen LogP contribution is -2.44. The van der Waals surface area contributed by atoms with Gasteiger partial charge in [0.2, 0.25) is 5.65 Å². The molecule has 2 aromatic heterocycles. The number of nitrogens with one attached hydrogen (secondary N) is 1. The van der Waals surface area contributed by atoms with Crippen LogP contribution in [-0.2, 0) is 0 Å². The monoisotopic (exact) mass is 298 g/mol. The molecule has 9 heteroatoms. The Morgan fingerprint density at radius 2 is 2.09 bits per heavy atom. The van der Waals surface area contributed by atoms with Crippen molar-refractivity contribution in [3.05, 3.63) is 23.5 Å². The number of fused-ring (bicyclic) bond motifs is 3. The molecule has 0 radical (unpaired) electrons. The van der Waals surface area contributed by atoms with Gasteiger partial charge in [-0.2, -0.15) is 9.78 Å². The minimum Gasteiger partial charge on any atom is -0.351 e. The summed E-state index contributed by atoms with van der Waals surface area (Å²) in [5.74, 6) is 0.00504. The summed E-state index contributed by atoms with van der Waals surface area (Å²) in [7, 11) is 0. The number of benzene rings is 1. The van der Waals surface area contributed by atoms with E-state index in [1.807, 2.05) is 11.0 Å². The molecular weight excluding hydrogens is 287 g/mol. The molecule has 1 N–H and O–H groups in total. The molecule has 0 atom stereocenters. The molecule has 1 aliphatic rings. The van der Waals surface area contributed by atoms with Crippen molar-refractivity contribution in [2.24, 2.45) is 0 Å². The maximum Gasteiger partial charge on any atom is 0.222 e. The lowest BCUT2D eigenvalue weighted by molar-refractivity contribution is 0.585. The Hall–Kier alpha value is -2.86. The highest BCUT2D eigenvalue weighted by molar-refractivity contribution is 5.84. The quantitative estimate of drug-likeness (QED) is 0.680. The van der Waals surface area contributed by atoms with E-state index in [9.17, 15) is 4.39 Å². The zero-order valence-corrected chi connectivity index (χ0v) is 11.5. The van der Waals surface area contributed by atoms with E-state index in [4.69, 9.17) is 5.26 Å². The lowest BCUT2D eigenvalue weighted by atomic mass is 10.2. The third kappa shape index (κ3) is 1.85. The fourth-order valence-corrected chi connectivity index (χ4v) is 2.65. The molecule has 110 valence electrons. The van der Waals surface area contributed by atoms with Crippen molar-refractivity contribution in [2.75, 3.05) is 31.1 Å². The third-order valence-electron chi connectivity index (χ3n) is 3.70. The summed E-state index contributed by atoms with van der Waals surface area (Å²) in [6.45, 7) is 3.14. The van der Waals surface area contributed by atoms with Gasteiger partial charge in [0, 0.05) is 26.2 Å². The lowest BCUT2D eigenvalue weighted by Gasteiger charge is -2.28. The summed E-state index contributed by atoms with van der Waals surface area (Å²) in [5, 5.41) is 23.8. The molecule has 4 rings (SSSR count). The van der Waals surface area contributed by atoms with E-state index in [-0.39, 0.29) is 11.1 Å². The molecule has 3 heterocycles. The first-order valence-electron chi connectivity index (χ1n) is 6.85. The van der Waals surface area contributed by atoms with Crippen molar-refractivity contribution in [1.82, 2.24) is 30.3 Å². The summed E-state index contributed by atoms with van der Waals surface area (Å²) in [4.78, 5) is 6.45. The zero-order valence-electron chi connectivity index (χ0n) is 11.5. The van der Waals surface area contributed by atoms with Crippen LogP contribution < -0.4 is 10.2 Å². The van der Waals surface area contributed by atoms with Crippen molar-refractivity contribution >= 4 is 22.5 Å². The van der Waals surface area contributed by atoms with Crippen molar-refractivity contribution in [1.29, 1.82) is 5.26 Å². The van der Waals surface area contributed by atoms with Crippen LogP contribution in [0.5, 0.6) is 0 Å². The Morgan fingerprint density at radius 3 is 2.86 bits per heavy atom. The Kier molecular flexibility index (Phi) is 2.83. The first kappa shape index (κ1) is 12.8. The number of nitriles is 1. The number of hydrogen-bond donors (Lipinski definition) is 1. The molecule has 1 aromatic carbocycles. The number of aromatic nitrogens is 5. The average Bonchev–Trinajstić information content (AvgIpc) is 3.05. The predicted molar refractivity (Wildman–Crippen MR) is 75.8 cm³/mol. The highest BCUT2D eigenvalue weighted by atomic mass is 19.1. The predicted octanol–water partition coefficient (Wildman–Crippen LogP) is 0.0929. The van der Waals surface area contributed by atoms with Crippen LogP contribution in [0.25, 0.3) is 16.7 Å². The highest BCUT2D eigenvalue weighted by Gasteiger charge is 2.21. The number of nitrogens with zero attached hydrogens (tertiary/aromatic N) is 7. The molecular formula is C13H11FN8. The van der Waals surface area contributed by atoms with E-state index in [1.165, 1.54) is 16.6 Å². The van der Waals surface area contributed by atoms with Crippen LogP contribution in [0.15, 0.2) is 12.1 Å². The summed E-state index contributed by atoms with van der Waals surface area (Å²) >= 11 is 0. The van der Waals surface area contributed by atoms with Crippen molar-refractivity contribution in [3.63, 3.8) is 0 Å². The fourth-order valence-electron chi connectivity index (χ4n) is 2.65. The zero-order chi connectivity index (χ0) is 15.1. The summed E-state index contributed by atoms with van der Waals surface area (Å²) < 4.78 is 15.7. The Bertz CT molecular complexity index is 906. The highest BCUT2D eigenvalue weighted by Crippen LogP contribution is 2.25. The summed E-state index contributed by atoms with van der Waals surface area (Å²) in [5.41, 5.74) is 1.21. The number of rotatable bonds is 1. The standard InChI is InChI=1S/C13H11FN8/c14-9-5-8(7-15)6-10-11(9)17-12(13-18-19-20-22(10)13)21-3-1-16-2-4-21/h5-6,16H,1-4H2. The van der Waals surface area contributed by atoms with Gasteiger partial charge < -0.3 is 10.2 Å². The fraction of sp³-hybridized carbons (Fsp3) is 0.308. The maximum absolute atomic E-state index is 14.3. The van der Waals surface area contributed by atoms with Gasteiger partial charge in [0.15, 0.2) is 11.6 Å². The van der Waals surface area contributed by atoms with Crippen LogP contribution in [0.4, 0.5) is 10.2 Å². The Labute approximate surface area is 124 Å². The second kappa shape index (κ2) is 4.85. The minimum atomic E-state index is -0.553. The van der Waals surface area contributed by atoms with Crippen LogP contribution in [0.1, 0.15) is 5.56 Å². The van der Waals surface area contributed by atoms with Crippen molar-refractivity contribution < 1.29 is 4.39 Å². The van der Waals surface area contributed by atoms with Crippen LogP contribution in [0, 0.1) is 17.1 Å². The molecule has 22 heavy (non-hydrogen) atoms. The van der Waals surface area contributed by atoms with Crippen molar-refractivity contribution in [3.8, 4) is 6.07 Å².